The quantitative estimate of drug-likeness (QED) is 0.804. The van der Waals surface area contributed by atoms with Crippen molar-refractivity contribution in [2.45, 2.75) is 64.5 Å². The zero-order valence-electron chi connectivity index (χ0n) is 14.7. The number of nitrogens with one attached hydrogen (secondary N) is 1. The van der Waals surface area contributed by atoms with E-state index in [4.69, 9.17) is 9.47 Å². The van der Waals surface area contributed by atoms with E-state index in [9.17, 15) is 9.59 Å². The maximum Gasteiger partial charge on any atom is 0.410 e. The summed E-state index contributed by atoms with van der Waals surface area (Å²) in [6.07, 6.45) is 0.000668. The van der Waals surface area contributed by atoms with Crippen LogP contribution in [0.4, 0.5) is 9.59 Å². The number of hydrogen-bond acceptors (Lipinski definition) is 4. The van der Waals surface area contributed by atoms with Gasteiger partial charge in [0.25, 0.3) is 0 Å². The molecule has 0 unspecified atom stereocenters. The molecule has 0 bridgehead atoms. The van der Waals surface area contributed by atoms with Gasteiger partial charge in [-0.3, -0.25) is 0 Å². The Bertz CT molecular complexity index is 401. The Morgan fingerprint density at radius 2 is 1.91 bits per heavy atom. The summed E-state index contributed by atoms with van der Waals surface area (Å²) >= 11 is 0. The summed E-state index contributed by atoms with van der Waals surface area (Å²) in [4.78, 5) is 25.3. The molecule has 0 saturated carbocycles. The Morgan fingerprint density at radius 3 is 2.45 bits per heavy atom. The summed E-state index contributed by atoms with van der Waals surface area (Å²) in [5, 5.41) is 2.82. The average molecular weight is 331 g/mol. The number of hydrogen-bond donors (Lipinski definition) is 1. The lowest BCUT2D eigenvalue weighted by Gasteiger charge is -2.24. The molecule has 2 amide bonds. The highest BCUT2D eigenvalue weighted by molar-refractivity contribution is 6.76. The highest BCUT2D eigenvalue weighted by Crippen LogP contribution is 2.15. The van der Waals surface area contributed by atoms with E-state index in [1.807, 2.05) is 20.8 Å². The zero-order chi connectivity index (χ0) is 17.0. The Morgan fingerprint density at radius 1 is 1.27 bits per heavy atom. The molecule has 1 aliphatic rings. The van der Waals surface area contributed by atoms with Gasteiger partial charge in [-0.25, -0.2) is 9.59 Å². The van der Waals surface area contributed by atoms with Crippen LogP contribution >= 0.6 is 0 Å². The van der Waals surface area contributed by atoms with Gasteiger partial charge in [-0.2, -0.15) is 0 Å². The van der Waals surface area contributed by atoms with Crippen molar-refractivity contribution >= 4 is 20.3 Å². The van der Waals surface area contributed by atoms with Crippen LogP contribution in [0.2, 0.25) is 25.7 Å². The van der Waals surface area contributed by atoms with Gasteiger partial charge in [0.2, 0.25) is 0 Å². The number of rotatable bonds is 4. The second-order valence-electron chi connectivity index (χ2n) is 8.00. The highest BCUT2D eigenvalue weighted by atomic mass is 28.3. The molecule has 0 spiro atoms. The summed E-state index contributed by atoms with van der Waals surface area (Å²) in [7, 11) is -1.19. The normalized spacial score (nSPS) is 19.0. The molecule has 0 aromatic carbocycles. The fourth-order valence-corrected chi connectivity index (χ4v) is 2.74. The summed E-state index contributed by atoms with van der Waals surface area (Å²) in [6.45, 7) is 13.8. The lowest BCUT2D eigenvalue weighted by Crippen LogP contribution is -2.40. The molecule has 22 heavy (non-hydrogen) atoms. The largest absolute Gasteiger partial charge is 0.450 e. The number of ether oxygens (including phenoxy) is 2. The smallest absolute Gasteiger partial charge is 0.410 e. The molecule has 0 aromatic rings. The average Bonchev–Trinajstić information content (AvgIpc) is 2.73. The van der Waals surface area contributed by atoms with Crippen LogP contribution in [0.15, 0.2) is 0 Å². The predicted octanol–water partition coefficient (Wildman–Crippen LogP) is 3.06. The summed E-state index contributed by atoms with van der Waals surface area (Å²) in [5.74, 6) is 0. The van der Waals surface area contributed by atoms with Gasteiger partial charge in [0.1, 0.15) is 5.60 Å². The molecule has 1 aliphatic heterocycles. The predicted molar refractivity (Wildman–Crippen MR) is 88.8 cm³/mol. The molecule has 1 rings (SSSR count). The minimum absolute atomic E-state index is 0.0631. The third kappa shape index (κ3) is 7.68. The maximum atomic E-state index is 11.9. The van der Waals surface area contributed by atoms with Crippen LogP contribution in [0, 0.1) is 0 Å². The fraction of sp³-hybridized carbons (Fsp3) is 0.867. The van der Waals surface area contributed by atoms with Crippen molar-refractivity contribution < 1.29 is 19.1 Å². The van der Waals surface area contributed by atoms with E-state index >= 15 is 0 Å². The van der Waals surface area contributed by atoms with Gasteiger partial charge in [0.05, 0.1) is 12.6 Å². The highest BCUT2D eigenvalue weighted by Gasteiger charge is 2.30. The first-order chi connectivity index (χ1) is 9.96. The molecule has 1 saturated heterocycles. The van der Waals surface area contributed by atoms with Crippen molar-refractivity contribution in [2.24, 2.45) is 0 Å². The van der Waals surface area contributed by atoms with Crippen molar-refractivity contribution in [2.75, 3.05) is 19.7 Å². The maximum absolute atomic E-state index is 11.9. The van der Waals surface area contributed by atoms with Crippen molar-refractivity contribution in [1.82, 2.24) is 10.2 Å². The second kappa shape index (κ2) is 7.35. The topological polar surface area (TPSA) is 67.9 Å². The zero-order valence-corrected chi connectivity index (χ0v) is 15.7. The molecule has 0 aliphatic carbocycles. The molecular formula is C15H30N2O4Si. The molecule has 7 heteroatoms. The van der Waals surface area contributed by atoms with Crippen LogP contribution < -0.4 is 5.32 Å². The standard InChI is InChI=1S/C15H30N2O4Si/c1-15(2,3)21-14(19)17-8-7-12(11-17)16-13(18)20-9-10-22(4,5)6/h12H,7-11H2,1-6H3,(H,16,18)/t12-/m1/s1. The van der Waals surface area contributed by atoms with Gasteiger partial charge in [0, 0.05) is 21.2 Å². The van der Waals surface area contributed by atoms with Gasteiger partial charge in [-0.1, -0.05) is 19.6 Å². The Kier molecular flexibility index (Phi) is 6.28. The van der Waals surface area contributed by atoms with E-state index in [2.05, 4.69) is 25.0 Å². The summed E-state index contributed by atoms with van der Waals surface area (Å²) in [6, 6.07) is 0.890. The number of carbonyl (C=O) groups is 2. The Balaban J connectivity index is 2.29. The van der Waals surface area contributed by atoms with Crippen molar-refractivity contribution in [3.05, 3.63) is 0 Å². The Labute approximate surface area is 134 Å². The number of nitrogens with zero attached hydrogens (tertiary/aromatic N) is 1. The third-order valence-electron chi connectivity index (χ3n) is 3.25. The first-order valence-corrected chi connectivity index (χ1v) is 11.6. The molecule has 1 atom stereocenters. The first kappa shape index (κ1) is 18.8. The minimum atomic E-state index is -1.19. The number of amides is 2. The fourth-order valence-electron chi connectivity index (χ4n) is 2.03. The minimum Gasteiger partial charge on any atom is -0.450 e. The summed E-state index contributed by atoms with van der Waals surface area (Å²) < 4.78 is 10.5. The van der Waals surface area contributed by atoms with Crippen LogP contribution in [0.25, 0.3) is 0 Å². The van der Waals surface area contributed by atoms with Crippen molar-refractivity contribution in [3.63, 3.8) is 0 Å². The lowest BCUT2D eigenvalue weighted by atomic mass is 10.2. The number of likely N-dealkylation sites (tertiary alicyclic amines) is 1. The van der Waals surface area contributed by atoms with Crippen LogP contribution in [-0.2, 0) is 9.47 Å². The van der Waals surface area contributed by atoms with Crippen molar-refractivity contribution in [1.29, 1.82) is 0 Å². The molecule has 1 heterocycles. The summed E-state index contributed by atoms with van der Waals surface area (Å²) in [5.41, 5.74) is -0.502. The molecule has 1 fully saturated rings. The number of carbonyl (C=O) groups excluding carboxylic acids is 2. The monoisotopic (exact) mass is 330 g/mol. The number of alkyl carbamates (subject to hydrolysis) is 1. The van der Waals surface area contributed by atoms with E-state index < -0.39 is 19.8 Å². The van der Waals surface area contributed by atoms with Gasteiger partial charge < -0.3 is 19.7 Å². The molecular weight excluding hydrogens is 300 g/mol. The van der Waals surface area contributed by atoms with Crippen molar-refractivity contribution in [3.8, 4) is 0 Å². The van der Waals surface area contributed by atoms with E-state index in [1.165, 1.54) is 0 Å². The van der Waals surface area contributed by atoms with E-state index in [0.29, 0.717) is 19.7 Å². The molecule has 0 aromatic heterocycles. The van der Waals surface area contributed by atoms with Gasteiger partial charge in [-0.05, 0) is 33.2 Å². The van der Waals surface area contributed by atoms with E-state index in [0.717, 1.165) is 12.5 Å². The third-order valence-corrected chi connectivity index (χ3v) is 4.95. The van der Waals surface area contributed by atoms with E-state index in [-0.39, 0.29) is 12.1 Å². The Hall–Kier alpha value is -1.24. The van der Waals surface area contributed by atoms with Crippen LogP contribution in [0.1, 0.15) is 27.2 Å². The lowest BCUT2D eigenvalue weighted by molar-refractivity contribution is 0.0290. The molecule has 128 valence electrons. The first-order valence-electron chi connectivity index (χ1n) is 7.87. The van der Waals surface area contributed by atoms with Gasteiger partial charge >= 0.3 is 12.2 Å². The van der Waals surface area contributed by atoms with E-state index in [1.54, 1.807) is 4.90 Å². The van der Waals surface area contributed by atoms with Gasteiger partial charge in [-0.15, -0.1) is 0 Å². The molecule has 6 nitrogen and oxygen atoms in total. The second-order valence-corrected chi connectivity index (χ2v) is 13.6. The van der Waals surface area contributed by atoms with Crippen LogP contribution in [-0.4, -0.2) is 56.5 Å². The molecule has 1 N–H and O–H groups in total. The molecule has 0 radical (unpaired) electrons. The SMILES string of the molecule is CC(C)(C)OC(=O)N1CC[C@@H](NC(=O)OCC[Si](C)(C)C)C1. The van der Waals surface area contributed by atoms with Crippen LogP contribution in [0.3, 0.4) is 0 Å². The van der Waals surface area contributed by atoms with Crippen LogP contribution in [0.5, 0.6) is 0 Å². The van der Waals surface area contributed by atoms with Gasteiger partial charge in [0.15, 0.2) is 0 Å².